The van der Waals surface area contributed by atoms with E-state index in [1.807, 2.05) is 12.1 Å². The molecule has 2 N–H and O–H groups in total. The second kappa shape index (κ2) is 12.0. The third-order valence-corrected chi connectivity index (χ3v) is 6.64. The minimum absolute atomic E-state index is 0.0626. The van der Waals surface area contributed by atoms with Gasteiger partial charge in [0.05, 0.1) is 42.0 Å². The van der Waals surface area contributed by atoms with Gasteiger partial charge in [-0.3, -0.25) is 19.4 Å². The first kappa shape index (κ1) is 28.9. The van der Waals surface area contributed by atoms with Gasteiger partial charge >= 0.3 is 11.9 Å². The Morgan fingerprint density at radius 2 is 1.95 bits per heavy atom. The number of aliphatic hydroxyl groups is 1. The number of nitrogens with one attached hydrogen (secondary N) is 1. The predicted octanol–water partition coefficient (Wildman–Crippen LogP) is 2.65. The fraction of sp³-hybridized carbons (Fsp3) is 0.414. The Morgan fingerprint density at radius 1 is 1.18 bits per heavy atom. The molecule has 1 fully saturated rings. The minimum atomic E-state index is -0.879. The average Bonchev–Trinajstić information content (AvgIpc) is 3.23. The van der Waals surface area contributed by atoms with E-state index < -0.39 is 42.2 Å². The van der Waals surface area contributed by atoms with E-state index in [2.05, 4.69) is 10.3 Å². The predicted molar refractivity (Wildman–Crippen MR) is 143 cm³/mol. The van der Waals surface area contributed by atoms with E-state index in [0.717, 1.165) is 5.56 Å². The Kier molecular flexibility index (Phi) is 8.65. The summed E-state index contributed by atoms with van der Waals surface area (Å²) in [5.74, 6) is -2.66. The largest absolute Gasteiger partial charge is 0.427 e. The number of aliphatic hydroxyl groups excluding tert-OH is 1. The van der Waals surface area contributed by atoms with Crippen molar-refractivity contribution in [3.63, 3.8) is 0 Å². The van der Waals surface area contributed by atoms with Crippen LogP contribution in [0.4, 0.5) is 5.69 Å². The Balaban J connectivity index is 1.47. The van der Waals surface area contributed by atoms with Crippen LogP contribution >= 0.6 is 0 Å². The minimum Gasteiger partial charge on any atom is -0.427 e. The lowest BCUT2D eigenvalue weighted by molar-refractivity contribution is -0.175. The molecule has 212 valence electrons. The van der Waals surface area contributed by atoms with Crippen LogP contribution in [0.15, 0.2) is 54.5 Å². The van der Waals surface area contributed by atoms with Gasteiger partial charge in [0.1, 0.15) is 12.3 Å². The lowest BCUT2D eigenvalue weighted by atomic mass is 9.82. The second-order valence-electron chi connectivity index (χ2n) is 10.8. The molecule has 0 saturated carbocycles. The van der Waals surface area contributed by atoms with Crippen molar-refractivity contribution in [1.82, 2.24) is 9.88 Å². The van der Waals surface area contributed by atoms with E-state index in [1.54, 1.807) is 58.2 Å². The van der Waals surface area contributed by atoms with Gasteiger partial charge in [-0.15, -0.1) is 0 Å². The van der Waals surface area contributed by atoms with Crippen molar-refractivity contribution in [2.75, 3.05) is 18.7 Å². The maximum absolute atomic E-state index is 13.2. The number of ether oxygens (including phenoxy) is 3. The normalized spacial score (nSPS) is 19.0. The number of carbonyl (C=O) groups excluding carboxylic acids is 4. The summed E-state index contributed by atoms with van der Waals surface area (Å²) in [6, 6.07) is 10.3. The van der Waals surface area contributed by atoms with Crippen LogP contribution in [-0.4, -0.2) is 64.3 Å². The fourth-order valence-electron chi connectivity index (χ4n) is 4.68. The smallest absolute Gasteiger partial charge is 0.358 e. The highest BCUT2D eigenvalue weighted by Gasteiger charge is 2.57. The summed E-state index contributed by atoms with van der Waals surface area (Å²) in [6.07, 6.45) is 2.60. The van der Waals surface area contributed by atoms with Crippen molar-refractivity contribution in [3.8, 4) is 0 Å². The van der Waals surface area contributed by atoms with Gasteiger partial charge in [-0.1, -0.05) is 18.2 Å². The van der Waals surface area contributed by atoms with Crippen molar-refractivity contribution < 1.29 is 38.5 Å². The molecule has 0 aliphatic carbocycles. The number of anilines is 1. The number of esters is 2. The lowest BCUT2D eigenvalue weighted by Gasteiger charge is -2.44. The number of hydrogen-bond donors (Lipinski definition) is 2. The number of benzene rings is 1. The Labute approximate surface area is 232 Å². The monoisotopic (exact) mass is 551 g/mol. The molecule has 2 aromatic rings. The summed E-state index contributed by atoms with van der Waals surface area (Å²) in [4.78, 5) is 55.5. The van der Waals surface area contributed by atoms with Crippen LogP contribution in [0.25, 0.3) is 5.57 Å². The third kappa shape index (κ3) is 6.37. The number of hydrogen-bond acceptors (Lipinski definition) is 9. The van der Waals surface area contributed by atoms with E-state index >= 15 is 0 Å². The Bertz CT molecular complexity index is 1320. The van der Waals surface area contributed by atoms with Gasteiger partial charge in [-0.05, 0) is 69.0 Å². The molecule has 0 radical (unpaired) electrons. The van der Waals surface area contributed by atoms with E-state index in [1.165, 1.54) is 11.1 Å². The summed E-state index contributed by atoms with van der Waals surface area (Å²) in [6.45, 7) is 5.95. The van der Waals surface area contributed by atoms with Crippen LogP contribution in [0, 0.1) is 11.3 Å². The highest BCUT2D eigenvalue weighted by molar-refractivity contribution is 6.06. The Hall–Kier alpha value is -4.09. The number of rotatable bonds is 10. The third-order valence-electron chi connectivity index (χ3n) is 6.64. The van der Waals surface area contributed by atoms with Crippen LogP contribution in [0.5, 0.6) is 0 Å². The zero-order valence-electron chi connectivity index (χ0n) is 22.9. The molecule has 0 unspecified atom stereocenters. The number of aromatic nitrogens is 1. The molecular weight excluding hydrogens is 518 g/mol. The van der Waals surface area contributed by atoms with E-state index in [4.69, 9.17) is 14.2 Å². The summed E-state index contributed by atoms with van der Waals surface area (Å²) in [5, 5.41) is 12.8. The molecule has 11 heteroatoms. The standard InChI is InChI=1S/C29H33N3O8/c1-17(33)24-22-12-21(25(32(22)26(24)35)27(36)39-16-40-28(37)29(2,3)4)19-8-5-7-18(11-19)14-38-15-23(34)31-20-9-6-10-30-13-20/h5-11,13,17,22,24,33H,12,14-16H2,1-4H3,(H,31,34)/t17-,22-,24-/m1/s1. The van der Waals surface area contributed by atoms with Gasteiger partial charge in [-0.2, -0.15) is 0 Å². The molecule has 2 aliphatic heterocycles. The molecule has 11 nitrogen and oxygen atoms in total. The van der Waals surface area contributed by atoms with E-state index in [0.29, 0.717) is 23.2 Å². The maximum Gasteiger partial charge on any atom is 0.358 e. The van der Waals surface area contributed by atoms with Crippen LogP contribution in [0.3, 0.4) is 0 Å². The summed E-state index contributed by atoms with van der Waals surface area (Å²) in [7, 11) is 0. The van der Waals surface area contributed by atoms with Crippen molar-refractivity contribution in [2.24, 2.45) is 11.3 Å². The summed E-state index contributed by atoms with van der Waals surface area (Å²) >= 11 is 0. The first-order chi connectivity index (χ1) is 19.0. The zero-order chi connectivity index (χ0) is 29.0. The van der Waals surface area contributed by atoms with E-state index in [9.17, 15) is 24.3 Å². The second-order valence-corrected chi connectivity index (χ2v) is 10.8. The van der Waals surface area contributed by atoms with Crippen LogP contribution in [0.2, 0.25) is 0 Å². The first-order valence-corrected chi connectivity index (χ1v) is 12.9. The molecule has 3 atom stereocenters. The molecule has 1 saturated heterocycles. The highest BCUT2D eigenvalue weighted by atomic mass is 16.7. The quantitative estimate of drug-likeness (QED) is 0.259. The van der Waals surface area contributed by atoms with Crippen LogP contribution < -0.4 is 5.32 Å². The highest BCUT2D eigenvalue weighted by Crippen LogP contribution is 2.47. The molecule has 4 rings (SSSR count). The number of pyridine rings is 1. The molecule has 3 heterocycles. The molecule has 0 spiro atoms. The Morgan fingerprint density at radius 3 is 2.62 bits per heavy atom. The zero-order valence-corrected chi connectivity index (χ0v) is 22.9. The fourth-order valence-corrected chi connectivity index (χ4v) is 4.68. The number of amides is 2. The van der Waals surface area contributed by atoms with Crippen molar-refractivity contribution in [1.29, 1.82) is 0 Å². The molecule has 2 aliphatic rings. The molecule has 2 amide bonds. The van der Waals surface area contributed by atoms with Crippen molar-refractivity contribution >= 4 is 35.0 Å². The first-order valence-electron chi connectivity index (χ1n) is 12.9. The van der Waals surface area contributed by atoms with Gasteiger partial charge in [-0.25, -0.2) is 4.79 Å². The molecule has 1 aromatic carbocycles. The maximum atomic E-state index is 13.2. The van der Waals surface area contributed by atoms with Gasteiger partial charge in [0.25, 0.3) is 0 Å². The van der Waals surface area contributed by atoms with Gasteiger partial charge < -0.3 is 29.5 Å². The van der Waals surface area contributed by atoms with Gasteiger partial charge in [0.15, 0.2) is 0 Å². The summed E-state index contributed by atoms with van der Waals surface area (Å²) in [5.41, 5.74) is 1.85. The molecular formula is C29H33N3O8. The van der Waals surface area contributed by atoms with Gasteiger partial charge in [0.2, 0.25) is 18.6 Å². The van der Waals surface area contributed by atoms with Crippen molar-refractivity contribution in [2.45, 2.75) is 52.9 Å². The molecule has 1 aromatic heterocycles. The van der Waals surface area contributed by atoms with Crippen LogP contribution in [-0.2, 0) is 40.0 Å². The number of nitrogens with zero attached hydrogens (tertiary/aromatic N) is 2. The van der Waals surface area contributed by atoms with Crippen molar-refractivity contribution in [3.05, 3.63) is 65.6 Å². The lowest BCUT2D eigenvalue weighted by Crippen LogP contribution is -2.61. The van der Waals surface area contributed by atoms with Crippen LogP contribution in [0.1, 0.15) is 45.2 Å². The average molecular weight is 552 g/mol. The summed E-state index contributed by atoms with van der Waals surface area (Å²) < 4.78 is 15.9. The molecule has 0 bridgehead atoms. The van der Waals surface area contributed by atoms with Gasteiger partial charge in [0, 0.05) is 6.20 Å². The SMILES string of the molecule is C[C@@H](O)[C@H]1C(=O)N2C(C(=O)OCOC(=O)C(C)(C)C)=C(c3cccc(COCC(=O)Nc4cccnc4)c3)C[C@H]12. The molecule has 40 heavy (non-hydrogen) atoms. The van der Waals surface area contributed by atoms with E-state index in [-0.39, 0.29) is 30.7 Å². The topological polar surface area (TPSA) is 144 Å². The number of fused-ring (bicyclic) bond motifs is 1. The number of carbonyl (C=O) groups is 4. The number of β-lactam (4-membered cyclic amide) rings is 1.